The summed E-state index contributed by atoms with van der Waals surface area (Å²) in [5, 5.41) is 6.71. The van der Waals surface area contributed by atoms with Crippen LogP contribution in [0.1, 0.15) is 48.2 Å². The summed E-state index contributed by atoms with van der Waals surface area (Å²) in [6.07, 6.45) is 5.22. The summed E-state index contributed by atoms with van der Waals surface area (Å²) in [6, 6.07) is 12.4. The zero-order valence-electron chi connectivity index (χ0n) is 16.6. The number of aromatic nitrogens is 1. The zero-order valence-corrected chi connectivity index (χ0v) is 16.6. The van der Waals surface area contributed by atoms with Gasteiger partial charge in [-0.25, -0.2) is 0 Å². The van der Waals surface area contributed by atoms with E-state index < -0.39 is 0 Å². The molecule has 0 atom stereocenters. The number of guanidine groups is 1. The van der Waals surface area contributed by atoms with Gasteiger partial charge in [-0.3, -0.25) is 9.98 Å². The van der Waals surface area contributed by atoms with Gasteiger partial charge in [-0.15, -0.1) is 0 Å². The number of pyridine rings is 1. The molecule has 5 heteroatoms. The molecule has 1 aliphatic carbocycles. The molecule has 1 aromatic heterocycles. The Bertz CT molecular complexity index is 782. The molecule has 1 aromatic carbocycles. The van der Waals surface area contributed by atoms with Crippen LogP contribution in [0.5, 0.6) is 5.75 Å². The monoisotopic (exact) mass is 366 g/mol. The maximum Gasteiger partial charge on any atom is 0.191 e. The molecule has 0 spiro atoms. The van der Waals surface area contributed by atoms with Crippen molar-refractivity contribution in [2.45, 2.75) is 58.7 Å². The molecule has 1 fully saturated rings. The molecule has 0 aliphatic heterocycles. The summed E-state index contributed by atoms with van der Waals surface area (Å²) in [6.45, 7) is 5.41. The van der Waals surface area contributed by atoms with E-state index in [2.05, 4.69) is 45.7 Å². The minimum absolute atomic E-state index is 0.357. The average molecular weight is 367 g/mol. The number of hydrogen-bond donors (Lipinski definition) is 2. The fourth-order valence-corrected chi connectivity index (χ4v) is 3.38. The normalized spacial score (nSPS) is 15.0. The number of aliphatic imine (C=N–C) groups is 1. The molecule has 5 nitrogen and oxygen atoms in total. The highest BCUT2D eigenvalue weighted by molar-refractivity contribution is 5.79. The van der Waals surface area contributed by atoms with Crippen LogP contribution >= 0.6 is 0 Å². The molecular weight excluding hydrogens is 336 g/mol. The Kier molecular flexibility index (Phi) is 6.69. The first-order chi connectivity index (χ1) is 13.1. The Hall–Kier alpha value is -2.56. The van der Waals surface area contributed by atoms with Crippen LogP contribution in [0.4, 0.5) is 0 Å². The number of hydrogen-bond acceptors (Lipinski definition) is 3. The first kappa shape index (κ1) is 19.2. The van der Waals surface area contributed by atoms with Crippen molar-refractivity contribution in [3.8, 4) is 5.75 Å². The van der Waals surface area contributed by atoms with Crippen molar-refractivity contribution in [1.82, 2.24) is 15.6 Å². The highest BCUT2D eigenvalue weighted by atomic mass is 16.5. The van der Waals surface area contributed by atoms with Gasteiger partial charge in [0.15, 0.2) is 5.96 Å². The van der Waals surface area contributed by atoms with Gasteiger partial charge in [0.05, 0.1) is 18.3 Å². The Morgan fingerprint density at radius 1 is 1.11 bits per heavy atom. The number of benzene rings is 1. The Morgan fingerprint density at radius 3 is 2.63 bits per heavy atom. The Morgan fingerprint density at radius 2 is 1.89 bits per heavy atom. The van der Waals surface area contributed by atoms with E-state index in [0.717, 1.165) is 41.5 Å². The van der Waals surface area contributed by atoms with E-state index in [1.165, 1.54) is 18.4 Å². The van der Waals surface area contributed by atoms with Gasteiger partial charge in [0.25, 0.3) is 0 Å². The molecule has 1 saturated carbocycles. The van der Waals surface area contributed by atoms with Gasteiger partial charge < -0.3 is 15.4 Å². The van der Waals surface area contributed by atoms with E-state index in [9.17, 15) is 0 Å². The largest absolute Gasteiger partial charge is 0.490 e. The lowest BCUT2D eigenvalue weighted by atomic mass is 10.1. The topological polar surface area (TPSA) is 58.5 Å². The molecule has 144 valence electrons. The van der Waals surface area contributed by atoms with Crippen LogP contribution in [-0.4, -0.2) is 24.1 Å². The van der Waals surface area contributed by atoms with Crippen molar-refractivity contribution >= 4 is 5.96 Å². The minimum atomic E-state index is 0.357. The van der Waals surface area contributed by atoms with Crippen LogP contribution in [-0.2, 0) is 13.1 Å². The smallest absolute Gasteiger partial charge is 0.191 e. The molecule has 0 amide bonds. The predicted molar refractivity (Wildman–Crippen MR) is 110 cm³/mol. The summed E-state index contributed by atoms with van der Waals surface area (Å²) in [5.74, 6) is 1.75. The lowest BCUT2D eigenvalue weighted by Crippen LogP contribution is -2.36. The number of ether oxygens (including phenoxy) is 1. The standard InChI is InChI=1S/C22H30N4O/c1-16-11-12-18(21(13-16)27-20-9-4-5-10-20)14-24-22(23-3)25-15-19-8-6-7-17(2)26-19/h6-8,11-13,20H,4-5,9-10,14-15H2,1-3H3,(H2,23,24,25). The molecule has 3 rings (SSSR count). The minimum Gasteiger partial charge on any atom is -0.490 e. The fraction of sp³-hybridized carbons (Fsp3) is 0.455. The van der Waals surface area contributed by atoms with Crippen LogP contribution in [0.25, 0.3) is 0 Å². The molecular formula is C22H30N4O. The van der Waals surface area contributed by atoms with Crippen molar-refractivity contribution in [2.24, 2.45) is 4.99 Å². The molecule has 0 unspecified atom stereocenters. The first-order valence-electron chi connectivity index (χ1n) is 9.77. The molecule has 27 heavy (non-hydrogen) atoms. The number of rotatable bonds is 6. The summed E-state index contributed by atoms with van der Waals surface area (Å²) in [4.78, 5) is 8.83. The maximum absolute atomic E-state index is 6.29. The van der Waals surface area contributed by atoms with Crippen molar-refractivity contribution in [3.05, 3.63) is 58.9 Å². The first-order valence-corrected chi connectivity index (χ1v) is 9.77. The number of nitrogens with one attached hydrogen (secondary N) is 2. The van der Waals surface area contributed by atoms with Crippen molar-refractivity contribution in [1.29, 1.82) is 0 Å². The lowest BCUT2D eigenvalue weighted by molar-refractivity contribution is 0.207. The maximum atomic E-state index is 6.29. The van der Waals surface area contributed by atoms with Crippen molar-refractivity contribution in [2.75, 3.05) is 7.05 Å². The highest BCUT2D eigenvalue weighted by Crippen LogP contribution is 2.27. The second-order valence-corrected chi connectivity index (χ2v) is 7.19. The van der Waals surface area contributed by atoms with E-state index in [-0.39, 0.29) is 0 Å². The third kappa shape index (κ3) is 5.71. The summed E-state index contributed by atoms with van der Waals surface area (Å²) in [5.41, 5.74) is 4.40. The van der Waals surface area contributed by atoms with Crippen molar-refractivity contribution in [3.63, 3.8) is 0 Å². The quantitative estimate of drug-likeness (QED) is 0.602. The third-order valence-electron chi connectivity index (χ3n) is 4.87. The fourth-order valence-electron chi connectivity index (χ4n) is 3.38. The van der Waals surface area contributed by atoms with E-state index in [1.54, 1.807) is 7.05 Å². The van der Waals surface area contributed by atoms with Crippen LogP contribution < -0.4 is 15.4 Å². The van der Waals surface area contributed by atoms with Crippen LogP contribution in [0, 0.1) is 13.8 Å². The van der Waals surface area contributed by atoms with Crippen molar-refractivity contribution < 1.29 is 4.74 Å². The number of aryl methyl sites for hydroxylation is 2. The molecule has 0 bridgehead atoms. The molecule has 0 saturated heterocycles. The predicted octanol–water partition coefficient (Wildman–Crippen LogP) is 3.89. The molecule has 1 aliphatic rings. The molecule has 2 N–H and O–H groups in total. The molecule has 1 heterocycles. The van der Waals surface area contributed by atoms with E-state index in [0.29, 0.717) is 19.2 Å². The van der Waals surface area contributed by atoms with Gasteiger partial charge >= 0.3 is 0 Å². The van der Waals surface area contributed by atoms with Crippen LogP contribution in [0.15, 0.2) is 41.4 Å². The second-order valence-electron chi connectivity index (χ2n) is 7.19. The Labute approximate surface area is 162 Å². The number of nitrogens with zero attached hydrogens (tertiary/aromatic N) is 2. The SMILES string of the molecule is CN=C(NCc1cccc(C)n1)NCc1ccc(C)cc1OC1CCCC1. The molecule has 2 aromatic rings. The van der Waals surface area contributed by atoms with Gasteiger partial charge in [-0.05, 0) is 63.3 Å². The van der Waals surface area contributed by atoms with Gasteiger partial charge in [0.1, 0.15) is 5.75 Å². The lowest BCUT2D eigenvalue weighted by Gasteiger charge is -2.18. The van der Waals surface area contributed by atoms with Crippen LogP contribution in [0.2, 0.25) is 0 Å². The summed E-state index contributed by atoms with van der Waals surface area (Å²) >= 11 is 0. The second kappa shape index (κ2) is 9.40. The zero-order chi connectivity index (χ0) is 19.1. The molecule has 0 radical (unpaired) electrons. The van der Waals surface area contributed by atoms with Crippen LogP contribution in [0.3, 0.4) is 0 Å². The van der Waals surface area contributed by atoms with Gasteiger partial charge in [0.2, 0.25) is 0 Å². The third-order valence-corrected chi connectivity index (χ3v) is 4.87. The van der Waals surface area contributed by atoms with E-state index in [4.69, 9.17) is 4.74 Å². The van der Waals surface area contributed by atoms with E-state index >= 15 is 0 Å². The summed E-state index contributed by atoms with van der Waals surface area (Å²) < 4.78 is 6.29. The Balaban J connectivity index is 1.59. The van der Waals surface area contributed by atoms with Gasteiger partial charge in [0, 0.05) is 24.8 Å². The summed E-state index contributed by atoms with van der Waals surface area (Å²) in [7, 11) is 1.78. The highest BCUT2D eigenvalue weighted by Gasteiger charge is 2.18. The van der Waals surface area contributed by atoms with Gasteiger partial charge in [-0.2, -0.15) is 0 Å². The van der Waals surface area contributed by atoms with E-state index in [1.807, 2.05) is 25.1 Å². The average Bonchev–Trinajstić information content (AvgIpc) is 3.16. The van der Waals surface area contributed by atoms with Gasteiger partial charge in [-0.1, -0.05) is 18.2 Å².